The van der Waals surface area contributed by atoms with Crippen molar-refractivity contribution >= 4 is 17.4 Å². The summed E-state index contributed by atoms with van der Waals surface area (Å²) in [6, 6.07) is 7.08. The van der Waals surface area contributed by atoms with Gasteiger partial charge in [-0.15, -0.1) is 0 Å². The molecule has 0 radical (unpaired) electrons. The molecule has 0 aromatic heterocycles. The van der Waals surface area contributed by atoms with E-state index in [9.17, 15) is 4.79 Å². The van der Waals surface area contributed by atoms with Crippen LogP contribution >= 0.6 is 0 Å². The summed E-state index contributed by atoms with van der Waals surface area (Å²) in [5, 5.41) is 11.8. The molecule has 1 atom stereocenters. The van der Waals surface area contributed by atoms with Gasteiger partial charge in [0.1, 0.15) is 0 Å². The van der Waals surface area contributed by atoms with E-state index in [-0.39, 0.29) is 12.6 Å². The van der Waals surface area contributed by atoms with E-state index in [0.717, 1.165) is 25.8 Å². The fraction of sp³-hybridized carbons (Fsp3) is 0.500. The van der Waals surface area contributed by atoms with Gasteiger partial charge in [0.25, 0.3) is 0 Å². The number of amides is 2. The predicted octanol–water partition coefficient (Wildman–Crippen LogP) is 1.90. The molecule has 1 aromatic rings. The molecule has 5 nitrogen and oxygen atoms in total. The highest BCUT2D eigenvalue weighted by atomic mass is 16.3. The molecule has 1 fully saturated rings. The molecule has 1 aromatic carbocycles. The third-order valence-electron chi connectivity index (χ3n) is 3.48. The third kappa shape index (κ3) is 3.86. The molecule has 4 N–H and O–H groups in total. The van der Waals surface area contributed by atoms with Gasteiger partial charge in [-0.25, -0.2) is 4.79 Å². The number of nitrogens with zero attached hydrogens (tertiary/aromatic N) is 1. The maximum Gasteiger partial charge on any atom is 0.321 e. The van der Waals surface area contributed by atoms with Crippen LogP contribution in [0.3, 0.4) is 0 Å². The van der Waals surface area contributed by atoms with Crippen LogP contribution in [0.25, 0.3) is 0 Å². The number of piperidine rings is 1. The molecular weight excluding hydrogens is 242 g/mol. The monoisotopic (exact) mass is 263 g/mol. The normalized spacial score (nSPS) is 19.2. The van der Waals surface area contributed by atoms with Crippen LogP contribution in [-0.2, 0) is 0 Å². The number of carbonyl (C=O) groups is 1. The number of hydrogen-bond donors (Lipinski definition) is 3. The smallest absolute Gasteiger partial charge is 0.321 e. The summed E-state index contributed by atoms with van der Waals surface area (Å²) in [5.74, 6) is 0.408. The van der Waals surface area contributed by atoms with Crippen molar-refractivity contribution in [1.82, 2.24) is 4.90 Å². The quantitative estimate of drug-likeness (QED) is 0.729. The molecule has 1 heterocycles. The number of aliphatic hydroxyl groups is 1. The molecule has 19 heavy (non-hydrogen) atoms. The number of aliphatic hydroxyl groups excluding tert-OH is 1. The van der Waals surface area contributed by atoms with Gasteiger partial charge in [0.15, 0.2) is 0 Å². The lowest BCUT2D eigenvalue weighted by atomic mass is 9.95. The minimum Gasteiger partial charge on any atom is -0.399 e. The molecule has 5 heteroatoms. The number of urea groups is 1. The van der Waals surface area contributed by atoms with Gasteiger partial charge < -0.3 is 21.1 Å². The number of anilines is 2. The molecule has 0 bridgehead atoms. The van der Waals surface area contributed by atoms with Crippen LogP contribution in [0, 0.1) is 5.92 Å². The third-order valence-corrected chi connectivity index (χ3v) is 3.48. The zero-order chi connectivity index (χ0) is 13.7. The minimum atomic E-state index is -0.0896. The van der Waals surface area contributed by atoms with Crippen molar-refractivity contribution in [3.05, 3.63) is 24.3 Å². The summed E-state index contributed by atoms with van der Waals surface area (Å²) in [5.41, 5.74) is 7.03. The topological polar surface area (TPSA) is 78.6 Å². The lowest BCUT2D eigenvalue weighted by Gasteiger charge is -2.32. The Morgan fingerprint density at radius 1 is 1.53 bits per heavy atom. The van der Waals surface area contributed by atoms with Crippen LogP contribution in [0.2, 0.25) is 0 Å². The molecule has 1 aliphatic rings. The number of nitrogens with two attached hydrogens (primary N) is 1. The number of likely N-dealkylation sites (tertiary alicyclic amines) is 1. The summed E-state index contributed by atoms with van der Waals surface area (Å²) in [7, 11) is 0. The number of carbonyl (C=O) groups excluding carboxylic acids is 1. The minimum absolute atomic E-state index is 0.0896. The Kier molecular flexibility index (Phi) is 4.63. The maximum atomic E-state index is 12.1. The standard InChI is InChI=1S/C14H21N3O2/c15-12-4-1-5-13(9-12)16-14(19)17-7-2-3-11(10-17)6-8-18/h1,4-5,9,11,18H,2-3,6-8,10,15H2,(H,16,19). The van der Waals surface area contributed by atoms with E-state index in [4.69, 9.17) is 10.8 Å². The second-order valence-electron chi connectivity index (χ2n) is 5.02. The summed E-state index contributed by atoms with van der Waals surface area (Å²) in [4.78, 5) is 14.0. The van der Waals surface area contributed by atoms with Crippen LogP contribution in [0.5, 0.6) is 0 Å². The van der Waals surface area contributed by atoms with Gasteiger partial charge >= 0.3 is 6.03 Å². The highest BCUT2D eigenvalue weighted by Crippen LogP contribution is 2.20. The van der Waals surface area contributed by atoms with Crippen molar-refractivity contribution < 1.29 is 9.90 Å². The Labute approximate surface area is 113 Å². The fourth-order valence-electron chi connectivity index (χ4n) is 2.49. The van der Waals surface area contributed by atoms with E-state index in [1.54, 1.807) is 12.1 Å². The predicted molar refractivity (Wildman–Crippen MR) is 75.9 cm³/mol. The summed E-state index contributed by atoms with van der Waals surface area (Å²) >= 11 is 0. The first-order chi connectivity index (χ1) is 9.19. The number of nitrogen functional groups attached to an aromatic ring is 1. The molecule has 2 rings (SSSR count). The lowest BCUT2D eigenvalue weighted by molar-refractivity contribution is 0.159. The molecule has 0 aliphatic carbocycles. The van der Waals surface area contributed by atoms with E-state index < -0.39 is 0 Å². The lowest BCUT2D eigenvalue weighted by Crippen LogP contribution is -2.42. The van der Waals surface area contributed by atoms with Gasteiger partial charge in [-0.3, -0.25) is 0 Å². The van der Waals surface area contributed by atoms with E-state index >= 15 is 0 Å². The Balaban J connectivity index is 1.92. The van der Waals surface area contributed by atoms with E-state index in [0.29, 0.717) is 23.8 Å². The second kappa shape index (κ2) is 6.43. The molecule has 1 unspecified atom stereocenters. The molecule has 104 valence electrons. The average molecular weight is 263 g/mol. The van der Waals surface area contributed by atoms with Crippen LogP contribution in [0.1, 0.15) is 19.3 Å². The van der Waals surface area contributed by atoms with Crippen molar-refractivity contribution in [2.45, 2.75) is 19.3 Å². The van der Waals surface area contributed by atoms with Gasteiger partial charge in [0.05, 0.1) is 0 Å². The maximum absolute atomic E-state index is 12.1. The van der Waals surface area contributed by atoms with Crippen molar-refractivity contribution in [3.63, 3.8) is 0 Å². The Hall–Kier alpha value is -1.75. The second-order valence-corrected chi connectivity index (χ2v) is 5.02. The molecular formula is C14H21N3O2. The SMILES string of the molecule is Nc1cccc(NC(=O)N2CCCC(CCO)C2)c1. The number of rotatable bonds is 3. The largest absolute Gasteiger partial charge is 0.399 e. The summed E-state index contributed by atoms with van der Waals surface area (Å²) in [6.07, 6.45) is 2.85. The van der Waals surface area contributed by atoms with Crippen molar-refractivity contribution in [2.24, 2.45) is 5.92 Å². The summed E-state index contributed by atoms with van der Waals surface area (Å²) < 4.78 is 0. The van der Waals surface area contributed by atoms with E-state index in [1.807, 2.05) is 17.0 Å². The van der Waals surface area contributed by atoms with Gasteiger partial charge in [-0.2, -0.15) is 0 Å². The number of hydrogen-bond acceptors (Lipinski definition) is 3. The Bertz CT molecular complexity index is 434. The first kappa shape index (κ1) is 13.7. The first-order valence-electron chi connectivity index (χ1n) is 6.71. The zero-order valence-electron chi connectivity index (χ0n) is 11.0. The molecule has 1 saturated heterocycles. The van der Waals surface area contributed by atoms with Crippen LogP contribution in [0.15, 0.2) is 24.3 Å². The average Bonchev–Trinajstić information content (AvgIpc) is 2.39. The van der Waals surface area contributed by atoms with E-state index in [1.165, 1.54) is 0 Å². The van der Waals surface area contributed by atoms with Crippen LogP contribution in [-0.4, -0.2) is 35.7 Å². The van der Waals surface area contributed by atoms with Crippen molar-refractivity contribution in [2.75, 3.05) is 30.7 Å². The van der Waals surface area contributed by atoms with Gasteiger partial charge in [-0.1, -0.05) is 6.07 Å². The highest BCUT2D eigenvalue weighted by Gasteiger charge is 2.23. The fourth-order valence-corrected chi connectivity index (χ4v) is 2.49. The van der Waals surface area contributed by atoms with Gasteiger partial charge in [0.2, 0.25) is 0 Å². The Morgan fingerprint density at radius 2 is 2.37 bits per heavy atom. The highest BCUT2D eigenvalue weighted by molar-refractivity contribution is 5.89. The summed E-state index contributed by atoms with van der Waals surface area (Å²) in [6.45, 7) is 1.68. The van der Waals surface area contributed by atoms with Crippen molar-refractivity contribution in [1.29, 1.82) is 0 Å². The first-order valence-corrected chi connectivity index (χ1v) is 6.71. The zero-order valence-corrected chi connectivity index (χ0v) is 11.0. The Morgan fingerprint density at radius 3 is 3.11 bits per heavy atom. The van der Waals surface area contributed by atoms with Crippen LogP contribution in [0.4, 0.5) is 16.2 Å². The van der Waals surface area contributed by atoms with Gasteiger partial charge in [0, 0.05) is 31.1 Å². The van der Waals surface area contributed by atoms with Gasteiger partial charge in [-0.05, 0) is 43.4 Å². The van der Waals surface area contributed by atoms with Crippen LogP contribution < -0.4 is 11.1 Å². The molecule has 1 aliphatic heterocycles. The molecule has 0 saturated carbocycles. The molecule has 0 spiro atoms. The molecule has 2 amide bonds. The number of benzene rings is 1. The van der Waals surface area contributed by atoms with E-state index in [2.05, 4.69) is 5.32 Å². The van der Waals surface area contributed by atoms with Crippen molar-refractivity contribution in [3.8, 4) is 0 Å². The number of nitrogens with one attached hydrogen (secondary N) is 1.